The van der Waals surface area contributed by atoms with Gasteiger partial charge in [-0.25, -0.2) is 0 Å². The fourth-order valence-corrected chi connectivity index (χ4v) is 2.69. The van der Waals surface area contributed by atoms with Crippen molar-refractivity contribution in [2.45, 2.75) is 39.2 Å². The molecule has 102 valence electrons. The Balaban J connectivity index is 2.07. The minimum absolute atomic E-state index is 0.409. The lowest BCUT2D eigenvalue weighted by Crippen LogP contribution is -2.38. The number of aryl methyl sites for hydroxylation is 2. The third kappa shape index (κ3) is 2.46. The van der Waals surface area contributed by atoms with Crippen molar-refractivity contribution in [2.75, 3.05) is 30.3 Å². The summed E-state index contributed by atoms with van der Waals surface area (Å²) in [5.41, 5.74) is 8.02. The normalized spacial score (nSPS) is 17.4. The Labute approximate surface area is 109 Å². The average Bonchev–Trinajstić information content (AvgIpc) is 2.66. The maximum Gasteiger partial charge on any atom is 0.150 e. The number of piperidine rings is 1. The number of nitrogen functional groups attached to an aromatic ring is 1. The van der Waals surface area contributed by atoms with Gasteiger partial charge in [0.15, 0.2) is 0 Å². The molecule has 0 aliphatic carbocycles. The Morgan fingerprint density at radius 3 is 2.50 bits per heavy atom. The third-order valence-electron chi connectivity index (χ3n) is 3.61. The van der Waals surface area contributed by atoms with Gasteiger partial charge in [-0.1, -0.05) is 6.92 Å². The lowest BCUT2D eigenvalue weighted by Gasteiger charge is -2.33. The fraction of sp³-hybridized carbons (Fsp3) is 0.769. The van der Waals surface area contributed by atoms with E-state index < -0.39 is 0 Å². The molecule has 2 N–H and O–H groups in total. The first-order valence-electron chi connectivity index (χ1n) is 6.85. The molecular weight excluding hydrogens is 228 g/mol. The number of anilines is 2. The first kappa shape index (κ1) is 13.2. The molecule has 0 atom stereocenters. The van der Waals surface area contributed by atoms with Gasteiger partial charge in [-0.2, -0.15) is 5.10 Å². The van der Waals surface area contributed by atoms with E-state index in [4.69, 9.17) is 10.5 Å². The van der Waals surface area contributed by atoms with E-state index in [1.807, 2.05) is 11.7 Å². The second-order valence-electron chi connectivity index (χ2n) is 4.80. The predicted octanol–water partition coefficient (Wildman–Crippen LogP) is 1.57. The van der Waals surface area contributed by atoms with E-state index in [0.29, 0.717) is 6.10 Å². The summed E-state index contributed by atoms with van der Waals surface area (Å²) in [5.74, 6) is 1.07. The fourth-order valence-electron chi connectivity index (χ4n) is 2.69. The van der Waals surface area contributed by atoms with E-state index >= 15 is 0 Å². The van der Waals surface area contributed by atoms with Gasteiger partial charge in [0.1, 0.15) is 5.82 Å². The molecule has 0 saturated carbocycles. The topological polar surface area (TPSA) is 56.3 Å². The Kier molecular flexibility index (Phi) is 4.11. The zero-order valence-electron chi connectivity index (χ0n) is 11.6. The van der Waals surface area contributed by atoms with Crippen molar-refractivity contribution in [1.29, 1.82) is 0 Å². The summed E-state index contributed by atoms with van der Waals surface area (Å²) in [6, 6.07) is 0. The Bertz CT molecular complexity index is 394. The smallest absolute Gasteiger partial charge is 0.150 e. The molecule has 0 radical (unpaired) electrons. The molecule has 18 heavy (non-hydrogen) atoms. The number of hydrogen-bond acceptors (Lipinski definition) is 4. The van der Waals surface area contributed by atoms with Crippen LogP contribution >= 0.6 is 0 Å². The maximum absolute atomic E-state index is 6.18. The van der Waals surface area contributed by atoms with Crippen molar-refractivity contribution in [3.05, 3.63) is 5.69 Å². The Hall–Kier alpha value is -1.23. The largest absolute Gasteiger partial charge is 0.394 e. The van der Waals surface area contributed by atoms with Gasteiger partial charge in [0.2, 0.25) is 0 Å². The van der Waals surface area contributed by atoms with Gasteiger partial charge >= 0.3 is 0 Å². The standard InChI is InChI=1S/C13H24N4O/c1-4-11-12(14)13(16(3)15-11)17-8-6-10(7-9-17)18-5-2/h10H,4-9,14H2,1-3H3. The van der Waals surface area contributed by atoms with Gasteiger partial charge in [-0.3, -0.25) is 4.68 Å². The first-order valence-corrected chi connectivity index (χ1v) is 6.85. The highest BCUT2D eigenvalue weighted by Gasteiger charge is 2.24. The average molecular weight is 252 g/mol. The molecule has 2 heterocycles. The van der Waals surface area contributed by atoms with E-state index in [0.717, 1.165) is 56.2 Å². The Morgan fingerprint density at radius 1 is 1.33 bits per heavy atom. The number of hydrogen-bond donors (Lipinski definition) is 1. The summed E-state index contributed by atoms with van der Waals surface area (Å²) in [7, 11) is 1.97. The molecule has 1 aromatic rings. The number of nitrogens with zero attached hydrogens (tertiary/aromatic N) is 3. The highest BCUT2D eigenvalue weighted by atomic mass is 16.5. The summed E-state index contributed by atoms with van der Waals surface area (Å²) in [5, 5.41) is 4.48. The van der Waals surface area contributed by atoms with Gasteiger partial charge in [0.05, 0.1) is 17.5 Å². The minimum atomic E-state index is 0.409. The van der Waals surface area contributed by atoms with E-state index in [1.165, 1.54) is 0 Å². The van der Waals surface area contributed by atoms with Crippen LogP contribution in [-0.4, -0.2) is 35.6 Å². The molecule has 0 bridgehead atoms. The lowest BCUT2D eigenvalue weighted by molar-refractivity contribution is 0.0457. The molecule has 0 unspecified atom stereocenters. The summed E-state index contributed by atoms with van der Waals surface area (Å²) < 4.78 is 7.59. The SMILES string of the molecule is CCOC1CCN(c2c(N)c(CC)nn2C)CC1. The third-order valence-corrected chi connectivity index (χ3v) is 3.61. The van der Waals surface area contributed by atoms with Crippen LogP contribution in [0.15, 0.2) is 0 Å². The van der Waals surface area contributed by atoms with Gasteiger partial charge in [-0.05, 0) is 26.2 Å². The van der Waals surface area contributed by atoms with Crippen molar-refractivity contribution in [3.8, 4) is 0 Å². The van der Waals surface area contributed by atoms with E-state index in [-0.39, 0.29) is 0 Å². The second kappa shape index (κ2) is 5.61. The zero-order chi connectivity index (χ0) is 13.1. The molecule has 5 nitrogen and oxygen atoms in total. The van der Waals surface area contributed by atoms with Crippen LogP contribution in [0.3, 0.4) is 0 Å². The van der Waals surface area contributed by atoms with Crippen LogP contribution in [0.25, 0.3) is 0 Å². The monoisotopic (exact) mass is 252 g/mol. The van der Waals surface area contributed by atoms with Gasteiger partial charge in [0.25, 0.3) is 0 Å². The highest BCUT2D eigenvalue weighted by molar-refractivity contribution is 5.66. The molecule has 1 aromatic heterocycles. The molecule has 2 rings (SSSR count). The van der Waals surface area contributed by atoms with Crippen LogP contribution in [-0.2, 0) is 18.2 Å². The van der Waals surface area contributed by atoms with Crippen LogP contribution in [0.4, 0.5) is 11.5 Å². The van der Waals surface area contributed by atoms with Crippen LogP contribution in [0.5, 0.6) is 0 Å². The molecule has 0 aromatic carbocycles. The van der Waals surface area contributed by atoms with E-state index in [2.05, 4.69) is 23.8 Å². The van der Waals surface area contributed by atoms with Gasteiger partial charge in [-0.15, -0.1) is 0 Å². The highest BCUT2D eigenvalue weighted by Crippen LogP contribution is 2.29. The van der Waals surface area contributed by atoms with Crippen LogP contribution < -0.4 is 10.6 Å². The Morgan fingerprint density at radius 2 is 2.00 bits per heavy atom. The van der Waals surface area contributed by atoms with Crippen LogP contribution in [0, 0.1) is 0 Å². The number of nitrogens with two attached hydrogens (primary N) is 1. The summed E-state index contributed by atoms with van der Waals surface area (Å²) in [4.78, 5) is 2.33. The molecule has 1 aliphatic heterocycles. The van der Waals surface area contributed by atoms with Crippen molar-refractivity contribution in [2.24, 2.45) is 7.05 Å². The predicted molar refractivity (Wildman–Crippen MR) is 73.9 cm³/mol. The molecule has 0 spiro atoms. The maximum atomic E-state index is 6.18. The summed E-state index contributed by atoms with van der Waals surface area (Å²) >= 11 is 0. The molecule has 1 saturated heterocycles. The van der Waals surface area contributed by atoms with Crippen molar-refractivity contribution in [3.63, 3.8) is 0 Å². The molecule has 1 aliphatic rings. The van der Waals surface area contributed by atoms with E-state index in [1.54, 1.807) is 0 Å². The minimum Gasteiger partial charge on any atom is -0.394 e. The first-order chi connectivity index (χ1) is 8.67. The number of ether oxygens (including phenoxy) is 1. The number of aromatic nitrogens is 2. The van der Waals surface area contributed by atoms with Crippen molar-refractivity contribution < 1.29 is 4.74 Å². The molecule has 5 heteroatoms. The van der Waals surface area contributed by atoms with Crippen molar-refractivity contribution in [1.82, 2.24) is 9.78 Å². The molecule has 1 fully saturated rings. The molecule has 0 amide bonds. The van der Waals surface area contributed by atoms with E-state index in [9.17, 15) is 0 Å². The van der Waals surface area contributed by atoms with Crippen LogP contribution in [0.1, 0.15) is 32.4 Å². The number of rotatable bonds is 4. The summed E-state index contributed by atoms with van der Waals surface area (Å²) in [6.07, 6.45) is 3.43. The lowest BCUT2D eigenvalue weighted by atomic mass is 10.1. The van der Waals surface area contributed by atoms with Gasteiger partial charge in [0, 0.05) is 26.7 Å². The zero-order valence-corrected chi connectivity index (χ0v) is 11.6. The molecular formula is C13H24N4O. The summed E-state index contributed by atoms with van der Waals surface area (Å²) in [6.45, 7) is 6.94. The quantitative estimate of drug-likeness (QED) is 0.883. The van der Waals surface area contributed by atoms with Crippen molar-refractivity contribution >= 4 is 11.5 Å². The van der Waals surface area contributed by atoms with Crippen LogP contribution in [0.2, 0.25) is 0 Å². The van der Waals surface area contributed by atoms with Gasteiger partial charge < -0.3 is 15.4 Å². The second-order valence-corrected chi connectivity index (χ2v) is 4.80.